The van der Waals surface area contributed by atoms with E-state index in [2.05, 4.69) is 27.6 Å². The summed E-state index contributed by atoms with van der Waals surface area (Å²) in [5.74, 6) is -1.21. The molecule has 3 rings (SSSR count). The van der Waals surface area contributed by atoms with Gasteiger partial charge in [-0.1, -0.05) is 19.8 Å². The summed E-state index contributed by atoms with van der Waals surface area (Å²) in [6.45, 7) is 6.73. The highest BCUT2D eigenvalue weighted by atomic mass is 19.1. The molecule has 2 atom stereocenters. The number of amides is 1. The Morgan fingerprint density at radius 1 is 1.26 bits per heavy atom. The van der Waals surface area contributed by atoms with Crippen molar-refractivity contribution in [1.82, 2.24) is 14.8 Å². The van der Waals surface area contributed by atoms with Crippen LogP contribution in [0.15, 0.2) is 30.5 Å². The minimum Gasteiger partial charge on any atom is -0.365 e. The highest BCUT2D eigenvalue weighted by Gasteiger charge is 2.20. The van der Waals surface area contributed by atoms with Crippen LogP contribution in [-0.2, 0) is 6.54 Å². The maximum Gasteiger partial charge on any atom is 0.252 e. The number of primary amides is 1. The molecule has 2 heterocycles. The van der Waals surface area contributed by atoms with Crippen molar-refractivity contribution in [1.29, 1.82) is 0 Å². The fourth-order valence-corrected chi connectivity index (χ4v) is 3.49. The topological polar surface area (TPSA) is 124 Å². The van der Waals surface area contributed by atoms with Gasteiger partial charge in [0, 0.05) is 29.7 Å². The number of aryl methyl sites for hydroxylation is 1. The number of aromatic nitrogens is 3. The Labute approximate surface area is 181 Å². The number of nitrogens with zero attached hydrogens (tertiary/aromatic N) is 3. The van der Waals surface area contributed by atoms with Gasteiger partial charge in [0.25, 0.3) is 5.91 Å². The van der Waals surface area contributed by atoms with Crippen LogP contribution in [0.2, 0.25) is 0 Å². The number of anilines is 3. The molecule has 2 aromatic heterocycles. The summed E-state index contributed by atoms with van der Waals surface area (Å²) in [5.41, 5.74) is 13.2. The fraction of sp³-hybridized carbons (Fsp3) is 0.409. The van der Waals surface area contributed by atoms with E-state index in [4.69, 9.17) is 11.5 Å². The van der Waals surface area contributed by atoms with E-state index in [1.54, 1.807) is 6.20 Å². The van der Waals surface area contributed by atoms with Gasteiger partial charge in [0.05, 0.1) is 17.3 Å². The quantitative estimate of drug-likeness (QED) is 0.391. The first-order valence-electron chi connectivity index (χ1n) is 10.6. The Morgan fingerprint density at radius 3 is 2.68 bits per heavy atom. The monoisotopic (exact) mass is 427 g/mol. The molecule has 0 aliphatic heterocycles. The Bertz CT molecular complexity index is 1060. The van der Waals surface area contributed by atoms with Crippen LogP contribution in [0.25, 0.3) is 10.9 Å². The van der Waals surface area contributed by atoms with Crippen molar-refractivity contribution in [2.75, 3.05) is 10.6 Å². The largest absolute Gasteiger partial charge is 0.365 e. The third kappa shape index (κ3) is 5.11. The summed E-state index contributed by atoms with van der Waals surface area (Å²) < 4.78 is 16.6. The molecule has 0 saturated heterocycles. The maximum absolute atomic E-state index is 14.7. The average Bonchev–Trinajstić information content (AvgIpc) is 3.14. The lowest BCUT2D eigenvalue weighted by Crippen LogP contribution is -2.38. The van der Waals surface area contributed by atoms with E-state index in [0.29, 0.717) is 5.69 Å². The minimum atomic E-state index is -0.768. The molecule has 0 saturated carbocycles. The van der Waals surface area contributed by atoms with Gasteiger partial charge >= 0.3 is 0 Å². The number of nitrogens with two attached hydrogens (primary N) is 2. The number of carbonyl (C=O) groups is 1. The summed E-state index contributed by atoms with van der Waals surface area (Å²) in [6, 6.07) is 6.43. The lowest BCUT2D eigenvalue weighted by atomic mass is 10.0. The SMILES string of the molecule is CCCC[C@@H](Nc1nc(Nc2ccc3c(cnn3CC)c2)c(C(N)=O)cc1F)[C@H](C)N. The first kappa shape index (κ1) is 22.5. The first-order valence-corrected chi connectivity index (χ1v) is 10.6. The van der Waals surface area contributed by atoms with Crippen LogP contribution in [-0.4, -0.2) is 32.8 Å². The van der Waals surface area contributed by atoms with Gasteiger partial charge in [-0.3, -0.25) is 9.48 Å². The van der Waals surface area contributed by atoms with Crippen LogP contribution >= 0.6 is 0 Å². The van der Waals surface area contributed by atoms with Crippen molar-refractivity contribution in [2.24, 2.45) is 11.5 Å². The lowest BCUT2D eigenvalue weighted by molar-refractivity contribution is 0.100. The molecule has 0 radical (unpaired) electrons. The predicted molar refractivity (Wildman–Crippen MR) is 122 cm³/mol. The number of halogens is 1. The molecule has 0 unspecified atom stereocenters. The molecule has 0 bridgehead atoms. The van der Waals surface area contributed by atoms with E-state index in [1.165, 1.54) is 0 Å². The van der Waals surface area contributed by atoms with Crippen molar-refractivity contribution >= 4 is 34.1 Å². The number of benzene rings is 1. The zero-order chi connectivity index (χ0) is 22.5. The van der Waals surface area contributed by atoms with Crippen LogP contribution in [0.5, 0.6) is 0 Å². The zero-order valence-corrected chi connectivity index (χ0v) is 18.2. The molecule has 0 aliphatic rings. The molecule has 31 heavy (non-hydrogen) atoms. The Morgan fingerprint density at radius 2 is 2.03 bits per heavy atom. The van der Waals surface area contributed by atoms with Crippen molar-refractivity contribution in [2.45, 2.75) is 58.7 Å². The second-order valence-electron chi connectivity index (χ2n) is 7.69. The number of carbonyl (C=O) groups excluding carboxylic acids is 1. The standard InChI is InChI=1S/C22H30FN7O/c1-4-6-7-18(13(3)24)28-22-17(23)11-16(20(25)31)21(29-22)27-15-8-9-19-14(10-15)12-26-30(19)5-2/h8-13,18H,4-7,24H2,1-3H3,(H2,25,31)(H2,27,28,29)/t13-,18+/m0/s1. The van der Waals surface area contributed by atoms with Crippen molar-refractivity contribution in [3.63, 3.8) is 0 Å². The highest BCUT2D eigenvalue weighted by molar-refractivity contribution is 5.99. The van der Waals surface area contributed by atoms with Gasteiger partial charge in [0.15, 0.2) is 11.6 Å². The van der Waals surface area contributed by atoms with Gasteiger partial charge in [-0.05, 0) is 44.5 Å². The average molecular weight is 428 g/mol. The number of hydrogen-bond acceptors (Lipinski definition) is 6. The predicted octanol–water partition coefficient (Wildman–Crippen LogP) is 3.75. The smallest absolute Gasteiger partial charge is 0.252 e. The molecule has 8 nitrogen and oxygen atoms in total. The molecular formula is C22H30FN7O. The van der Waals surface area contributed by atoms with E-state index in [1.807, 2.05) is 36.7 Å². The Hall–Kier alpha value is -3.20. The summed E-state index contributed by atoms with van der Waals surface area (Å²) >= 11 is 0. The molecule has 0 spiro atoms. The molecule has 0 fully saturated rings. The normalized spacial score (nSPS) is 13.2. The molecule has 0 aliphatic carbocycles. The van der Waals surface area contributed by atoms with Crippen molar-refractivity contribution in [3.05, 3.63) is 41.8 Å². The van der Waals surface area contributed by atoms with Crippen LogP contribution in [0.1, 0.15) is 50.4 Å². The van der Waals surface area contributed by atoms with E-state index in [9.17, 15) is 9.18 Å². The molecule has 9 heteroatoms. The number of pyridine rings is 1. The number of fused-ring (bicyclic) bond motifs is 1. The van der Waals surface area contributed by atoms with E-state index in [0.717, 1.165) is 42.8 Å². The first-order chi connectivity index (χ1) is 14.8. The second-order valence-corrected chi connectivity index (χ2v) is 7.69. The molecule has 166 valence electrons. The van der Waals surface area contributed by atoms with Crippen LogP contribution < -0.4 is 22.1 Å². The molecule has 1 aromatic carbocycles. The number of nitrogens with one attached hydrogen (secondary N) is 2. The van der Waals surface area contributed by atoms with Gasteiger partial charge in [-0.25, -0.2) is 9.37 Å². The number of rotatable bonds is 10. The third-order valence-electron chi connectivity index (χ3n) is 5.27. The van der Waals surface area contributed by atoms with Crippen LogP contribution in [0, 0.1) is 5.82 Å². The van der Waals surface area contributed by atoms with E-state index < -0.39 is 11.7 Å². The molecule has 6 N–H and O–H groups in total. The zero-order valence-electron chi connectivity index (χ0n) is 18.2. The van der Waals surface area contributed by atoms with Gasteiger partial charge in [0.2, 0.25) is 0 Å². The van der Waals surface area contributed by atoms with Crippen LogP contribution in [0.3, 0.4) is 0 Å². The summed E-state index contributed by atoms with van der Waals surface area (Å²) in [6.07, 6.45) is 4.51. The Balaban J connectivity index is 1.94. The third-order valence-corrected chi connectivity index (χ3v) is 5.27. The van der Waals surface area contributed by atoms with Crippen molar-refractivity contribution in [3.8, 4) is 0 Å². The maximum atomic E-state index is 14.7. The summed E-state index contributed by atoms with van der Waals surface area (Å²) in [5, 5.41) is 11.5. The summed E-state index contributed by atoms with van der Waals surface area (Å²) in [7, 11) is 0. The van der Waals surface area contributed by atoms with Crippen molar-refractivity contribution < 1.29 is 9.18 Å². The van der Waals surface area contributed by atoms with Gasteiger partial charge in [-0.15, -0.1) is 0 Å². The molecule has 3 aromatic rings. The fourth-order valence-electron chi connectivity index (χ4n) is 3.49. The Kier molecular flexibility index (Phi) is 7.06. The molecular weight excluding hydrogens is 397 g/mol. The molecule has 1 amide bonds. The lowest BCUT2D eigenvalue weighted by Gasteiger charge is -2.23. The minimum absolute atomic E-state index is 0.0293. The van der Waals surface area contributed by atoms with Gasteiger partial charge < -0.3 is 22.1 Å². The van der Waals surface area contributed by atoms with E-state index in [-0.39, 0.29) is 29.3 Å². The number of hydrogen-bond donors (Lipinski definition) is 4. The van der Waals surface area contributed by atoms with Crippen LogP contribution in [0.4, 0.5) is 21.7 Å². The van der Waals surface area contributed by atoms with Gasteiger partial charge in [-0.2, -0.15) is 5.10 Å². The highest BCUT2D eigenvalue weighted by Crippen LogP contribution is 2.27. The van der Waals surface area contributed by atoms with Gasteiger partial charge in [0.1, 0.15) is 5.82 Å². The second kappa shape index (κ2) is 9.74. The summed E-state index contributed by atoms with van der Waals surface area (Å²) in [4.78, 5) is 16.3. The number of unbranched alkanes of at least 4 members (excludes halogenated alkanes) is 1. The van der Waals surface area contributed by atoms with E-state index >= 15 is 0 Å².